The van der Waals surface area contributed by atoms with Crippen LogP contribution in [0, 0.1) is 32.1 Å². The van der Waals surface area contributed by atoms with E-state index in [9.17, 15) is 10.1 Å². The fourth-order valence-corrected chi connectivity index (χ4v) is 2.93. The molecule has 6 heteroatoms. The van der Waals surface area contributed by atoms with Crippen LogP contribution in [0.4, 0.5) is 11.4 Å². The van der Waals surface area contributed by atoms with E-state index in [1.165, 1.54) is 6.20 Å². The van der Waals surface area contributed by atoms with E-state index in [2.05, 4.69) is 10.6 Å². The predicted molar refractivity (Wildman–Crippen MR) is 103 cm³/mol. The minimum absolute atomic E-state index is 0.0645. The monoisotopic (exact) mass is 373 g/mol. The summed E-state index contributed by atoms with van der Waals surface area (Å²) in [6.45, 7) is 5.82. The molecule has 1 amide bonds. The van der Waals surface area contributed by atoms with Gasteiger partial charge in [-0.05, 0) is 50.1 Å². The maximum absolute atomic E-state index is 12.4. The zero-order valence-corrected chi connectivity index (χ0v) is 15.6. The van der Waals surface area contributed by atoms with Gasteiger partial charge in [0.2, 0.25) is 0 Å². The number of nitrogens with zero attached hydrogens (tertiary/aromatic N) is 1. The average Bonchev–Trinajstić information content (AvgIpc) is 2.53. The van der Waals surface area contributed by atoms with Gasteiger partial charge in [0.25, 0.3) is 5.91 Å². The molecule has 0 unspecified atom stereocenters. The zero-order valence-electron chi connectivity index (χ0n) is 14.1. The van der Waals surface area contributed by atoms with Crippen molar-refractivity contribution in [3.8, 4) is 6.07 Å². The number of anilines is 2. The van der Waals surface area contributed by atoms with Crippen molar-refractivity contribution in [2.24, 2.45) is 0 Å². The van der Waals surface area contributed by atoms with E-state index < -0.39 is 5.91 Å². The normalized spacial score (nSPS) is 11.0. The number of aryl methyl sites for hydroxylation is 3. The molecule has 0 saturated heterocycles. The van der Waals surface area contributed by atoms with E-state index in [1.54, 1.807) is 18.2 Å². The number of halogens is 2. The van der Waals surface area contributed by atoms with Crippen molar-refractivity contribution in [1.29, 1.82) is 5.26 Å². The molecule has 128 valence electrons. The number of nitrogens with one attached hydrogen (secondary N) is 2. The van der Waals surface area contributed by atoms with Crippen LogP contribution < -0.4 is 10.6 Å². The lowest BCUT2D eigenvalue weighted by atomic mass is 10.0. The van der Waals surface area contributed by atoms with E-state index in [-0.39, 0.29) is 5.57 Å². The molecule has 0 aliphatic heterocycles. The molecule has 2 aromatic carbocycles. The maximum Gasteiger partial charge on any atom is 0.267 e. The highest BCUT2D eigenvalue weighted by molar-refractivity contribution is 6.36. The molecule has 0 heterocycles. The number of hydrogen-bond acceptors (Lipinski definition) is 3. The van der Waals surface area contributed by atoms with Crippen LogP contribution in [0.2, 0.25) is 10.0 Å². The van der Waals surface area contributed by atoms with Gasteiger partial charge in [-0.3, -0.25) is 4.79 Å². The van der Waals surface area contributed by atoms with E-state index in [4.69, 9.17) is 23.2 Å². The summed E-state index contributed by atoms with van der Waals surface area (Å²) < 4.78 is 0. The number of rotatable bonds is 4. The molecule has 4 nitrogen and oxygen atoms in total. The van der Waals surface area contributed by atoms with E-state index >= 15 is 0 Å². The molecule has 0 atom stereocenters. The summed E-state index contributed by atoms with van der Waals surface area (Å²) in [5.74, 6) is -0.491. The molecule has 0 aliphatic carbocycles. The first-order chi connectivity index (χ1) is 11.8. The Bertz CT molecular complexity index is 875. The first kappa shape index (κ1) is 18.9. The highest BCUT2D eigenvalue weighted by Gasteiger charge is 2.13. The van der Waals surface area contributed by atoms with Gasteiger partial charge >= 0.3 is 0 Å². The van der Waals surface area contributed by atoms with Gasteiger partial charge < -0.3 is 10.6 Å². The lowest BCUT2D eigenvalue weighted by Gasteiger charge is -2.12. The van der Waals surface area contributed by atoms with Gasteiger partial charge in [-0.2, -0.15) is 5.26 Å². The number of carbonyl (C=O) groups excluding carboxylic acids is 1. The summed E-state index contributed by atoms with van der Waals surface area (Å²) in [5.41, 5.74) is 4.19. The van der Waals surface area contributed by atoms with Crippen molar-refractivity contribution in [2.75, 3.05) is 10.6 Å². The molecule has 0 fully saturated rings. The smallest absolute Gasteiger partial charge is 0.267 e. The Morgan fingerprint density at radius 3 is 2.32 bits per heavy atom. The van der Waals surface area contributed by atoms with E-state index in [1.807, 2.05) is 39.0 Å². The van der Waals surface area contributed by atoms with Crippen LogP contribution in [0.25, 0.3) is 0 Å². The van der Waals surface area contributed by atoms with Gasteiger partial charge in [-0.25, -0.2) is 0 Å². The molecule has 0 saturated carbocycles. The number of amides is 1. The average molecular weight is 374 g/mol. The summed E-state index contributed by atoms with van der Waals surface area (Å²) in [5, 5.41) is 15.8. The second-order valence-corrected chi connectivity index (χ2v) is 6.51. The first-order valence-corrected chi connectivity index (χ1v) is 8.28. The lowest BCUT2D eigenvalue weighted by molar-refractivity contribution is -0.112. The van der Waals surface area contributed by atoms with Gasteiger partial charge in [-0.15, -0.1) is 0 Å². The Morgan fingerprint density at radius 2 is 1.76 bits per heavy atom. The molecule has 0 aliphatic rings. The van der Waals surface area contributed by atoms with Crippen LogP contribution in [0.15, 0.2) is 42.1 Å². The summed E-state index contributed by atoms with van der Waals surface area (Å²) in [7, 11) is 0. The third-order valence-corrected chi connectivity index (χ3v) is 4.13. The van der Waals surface area contributed by atoms with Crippen LogP contribution in [0.1, 0.15) is 16.7 Å². The van der Waals surface area contributed by atoms with Gasteiger partial charge in [-0.1, -0.05) is 40.9 Å². The van der Waals surface area contributed by atoms with Crippen LogP contribution in [-0.2, 0) is 4.79 Å². The topological polar surface area (TPSA) is 64.9 Å². The van der Waals surface area contributed by atoms with E-state index in [0.717, 1.165) is 16.7 Å². The summed E-state index contributed by atoms with van der Waals surface area (Å²) in [6, 6.07) is 10.7. The standard InChI is InChI=1S/C19H17Cl2N3O/c1-11-6-12(2)18(13(3)7-11)24-19(25)14(9-22)10-23-17-5-4-15(20)8-16(17)21/h4-8,10,23H,1-3H3,(H,24,25)/b14-10-. The Kier molecular flexibility index (Phi) is 6.08. The number of carbonyl (C=O) groups is 1. The van der Waals surface area contributed by atoms with Gasteiger partial charge in [0, 0.05) is 16.9 Å². The van der Waals surface area contributed by atoms with E-state index in [0.29, 0.717) is 21.4 Å². The molecular formula is C19H17Cl2N3O. The Morgan fingerprint density at radius 1 is 1.12 bits per heavy atom. The number of nitriles is 1. The first-order valence-electron chi connectivity index (χ1n) is 7.53. The fraction of sp³-hybridized carbons (Fsp3) is 0.158. The molecule has 0 aromatic heterocycles. The Hall–Kier alpha value is -2.48. The predicted octanol–water partition coefficient (Wildman–Crippen LogP) is 5.38. The second kappa shape index (κ2) is 8.06. The summed E-state index contributed by atoms with van der Waals surface area (Å²) in [6.07, 6.45) is 1.32. The van der Waals surface area contributed by atoms with Crippen molar-refractivity contribution >= 4 is 40.5 Å². The second-order valence-electron chi connectivity index (χ2n) is 5.67. The van der Waals surface area contributed by atoms with Crippen LogP contribution in [-0.4, -0.2) is 5.91 Å². The van der Waals surface area contributed by atoms with Gasteiger partial charge in [0.15, 0.2) is 0 Å². The molecule has 0 spiro atoms. The molecule has 0 radical (unpaired) electrons. The molecule has 2 rings (SSSR count). The largest absolute Gasteiger partial charge is 0.359 e. The highest BCUT2D eigenvalue weighted by Crippen LogP contribution is 2.26. The Balaban J connectivity index is 2.20. The van der Waals surface area contributed by atoms with Crippen molar-refractivity contribution in [1.82, 2.24) is 0 Å². The quantitative estimate of drug-likeness (QED) is 0.558. The van der Waals surface area contributed by atoms with Crippen molar-refractivity contribution in [3.63, 3.8) is 0 Å². The van der Waals surface area contributed by atoms with Crippen LogP contribution in [0.5, 0.6) is 0 Å². The van der Waals surface area contributed by atoms with Crippen molar-refractivity contribution in [3.05, 3.63) is 68.8 Å². The molecule has 0 bridgehead atoms. The summed E-state index contributed by atoms with van der Waals surface area (Å²) in [4.78, 5) is 12.4. The number of hydrogen-bond donors (Lipinski definition) is 2. The van der Waals surface area contributed by atoms with Crippen molar-refractivity contribution < 1.29 is 4.79 Å². The lowest BCUT2D eigenvalue weighted by Crippen LogP contribution is -2.16. The SMILES string of the molecule is Cc1cc(C)c(NC(=O)/C(C#N)=C\Nc2ccc(Cl)cc2Cl)c(C)c1. The zero-order chi connectivity index (χ0) is 18.6. The van der Waals surface area contributed by atoms with Crippen LogP contribution >= 0.6 is 23.2 Å². The summed E-state index contributed by atoms with van der Waals surface area (Å²) >= 11 is 11.9. The Labute approximate surface area is 157 Å². The van der Waals surface area contributed by atoms with Gasteiger partial charge in [0.1, 0.15) is 11.6 Å². The minimum Gasteiger partial charge on any atom is -0.359 e. The maximum atomic E-state index is 12.4. The third kappa shape index (κ3) is 4.76. The van der Waals surface area contributed by atoms with Gasteiger partial charge in [0.05, 0.1) is 10.7 Å². The molecule has 2 aromatic rings. The molecular weight excluding hydrogens is 357 g/mol. The third-order valence-electron chi connectivity index (χ3n) is 3.58. The van der Waals surface area contributed by atoms with Crippen LogP contribution in [0.3, 0.4) is 0 Å². The fourth-order valence-electron chi connectivity index (χ4n) is 2.46. The molecule has 25 heavy (non-hydrogen) atoms. The highest BCUT2D eigenvalue weighted by atomic mass is 35.5. The number of benzene rings is 2. The van der Waals surface area contributed by atoms with Crippen molar-refractivity contribution in [2.45, 2.75) is 20.8 Å². The minimum atomic E-state index is -0.491. The molecule has 2 N–H and O–H groups in total.